The number of hydrogen-bond donors (Lipinski definition) is 1. The first kappa shape index (κ1) is 8.31. The van der Waals surface area contributed by atoms with Gasteiger partial charge in [-0.25, -0.2) is 0 Å². The van der Waals surface area contributed by atoms with E-state index >= 15 is 0 Å². The Kier molecular flexibility index (Phi) is 2.06. The van der Waals surface area contributed by atoms with E-state index in [9.17, 15) is 0 Å². The van der Waals surface area contributed by atoms with Gasteiger partial charge in [0.1, 0.15) is 12.0 Å². The second-order valence-corrected chi connectivity index (χ2v) is 3.50. The van der Waals surface area contributed by atoms with Crippen LogP contribution in [0.4, 0.5) is 6.01 Å². The van der Waals surface area contributed by atoms with Crippen molar-refractivity contribution in [3.63, 3.8) is 0 Å². The molecule has 4 heteroatoms. The van der Waals surface area contributed by atoms with Crippen LogP contribution in [0.25, 0.3) is 11.3 Å². The quantitative estimate of drug-likeness (QED) is 0.832. The Hall–Kier alpha value is -1.29. The average molecular weight is 239 g/mol. The molecule has 0 radical (unpaired) electrons. The lowest BCUT2D eigenvalue weighted by molar-refractivity contribution is 0.581. The maximum atomic E-state index is 5.36. The van der Waals surface area contributed by atoms with Crippen LogP contribution in [0.1, 0.15) is 0 Å². The van der Waals surface area contributed by atoms with Crippen molar-refractivity contribution in [1.29, 1.82) is 0 Å². The number of aromatic nitrogens is 1. The van der Waals surface area contributed by atoms with Crippen molar-refractivity contribution in [3.8, 4) is 11.3 Å². The monoisotopic (exact) mass is 238 g/mol. The van der Waals surface area contributed by atoms with Gasteiger partial charge in [-0.15, -0.1) is 0 Å². The molecule has 0 amide bonds. The van der Waals surface area contributed by atoms with E-state index in [1.165, 1.54) is 6.26 Å². The Balaban J connectivity index is 2.46. The third kappa shape index (κ3) is 1.72. The number of oxazole rings is 1. The molecule has 2 rings (SSSR count). The summed E-state index contributed by atoms with van der Waals surface area (Å²) >= 11 is 3.38. The van der Waals surface area contributed by atoms with Crippen LogP contribution in [0.5, 0.6) is 0 Å². The zero-order valence-electron chi connectivity index (χ0n) is 6.70. The molecule has 1 aromatic carbocycles. The summed E-state index contributed by atoms with van der Waals surface area (Å²) in [5.74, 6) is 0. The zero-order valence-corrected chi connectivity index (χ0v) is 8.28. The maximum absolute atomic E-state index is 5.36. The lowest BCUT2D eigenvalue weighted by Gasteiger charge is -1.94. The third-order valence-electron chi connectivity index (χ3n) is 1.64. The average Bonchev–Trinajstić information content (AvgIpc) is 2.52. The van der Waals surface area contributed by atoms with Crippen molar-refractivity contribution >= 4 is 21.9 Å². The predicted octanol–water partition coefficient (Wildman–Crippen LogP) is 2.69. The summed E-state index contributed by atoms with van der Waals surface area (Å²) in [6.45, 7) is 0. The SMILES string of the molecule is Nc1nc(-c2cccc(Br)c2)co1. The van der Waals surface area contributed by atoms with E-state index in [0.29, 0.717) is 0 Å². The van der Waals surface area contributed by atoms with E-state index in [-0.39, 0.29) is 6.01 Å². The smallest absolute Gasteiger partial charge is 0.292 e. The topological polar surface area (TPSA) is 52.0 Å². The van der Waals surface area contributed by atoms with Gasteiger partial charge in [-0.1, -0.05) is 28.1 Å². The highest BCUT2D eigenvalue weighted by Gasteiger charge is 2.02. The highest BCUT2D eigenvalue weighted by molar-refractivity contribution is 9.10. The lowest BCUT2D eigenvalue weighted by atomic mass is 10.2. The molecule has 2 N–H and O–H groups in total. The fourth-order valence-electron chi connectivity index (χ4n) is 1.07. The zero-order chi connectivity index (χ0) is 9.26. The first-order valence-electron chi connectivity index (χ1n) is 3.72. The molecule has 0 fully saturated rings. The molecule has 0 unspecified atom stereocenters. The molecule has 3 nitrogen and oxygen atoms in total. The Labute approximate surface area is 83.7 Å². The summed E-state index contributed by atoms with van der Waals surface area (Å²) in [7, 11) is 0. The molecule has 2 aromatic rings. The predicted molar refractivity (Wildman–Crippen MR) is 54.1 cm³/mol. The Bertz CT molecular complexity index is 425. The largest absolute Gasteiger partial charge is 0.432 e. The molecule has 0 saturated heterocycles. The van der Waals surface area contributed by atoms with E-state index in [1.807, 2.05) is 24.3 Å². The van der Waals surface area contributed by atoms with Crippen molar-refractivity contribution in [2.75, 3.05) is 5.73 Å². The van der Waals surface area contributed by atoms with E-state index in [4.69, 9.17) is 10.2 Å². The molecule has 0 spiro atoms. The molecule has 13 heavy (non-hydrogen) atoms. The van der Waals surface area contributed by atoms with Crippen LogP contribution in [0.15, 0.2) is 39.4 Å². The number of halogens is 1. The first-order chi connectivity index (χ1) is 6.25. The van der Waals surface area contributed by atoms with Crippen molar-refractivity contribution in [2.24, 2.45) is 0 Å². The summed E-state index contributed by atoms with van der Waals surface area (Å²) < 4.78 is 5.92. The van der Waals surface area contributed by atoms with E-state index in [2.05, 4.69) is 20.9 Å². The molecular weight excluding hydrogens is 232 g/mol. The standard InChI is InChI=1S/C9H7BrN2O/c10-7-3-1-2-6(4-7)8-5-13-9(11)12-8/h1-5H,(H2,11,12). The van der Waals surface area contributed by atoms with Gasteiger partial charge in [0.25, 0.3) is 6.01 Å². The minimum absolute atomic E-state index is 0.190. The van der Waals surface area contributed by atoms with Gasteiger partial charge >= 0.3 is 0 Å². The molecular formula is C9H7BrN2O. The van der Waals surface area contributed by atoms with Crippen LogP contribution in [0.3, 0.4) is 0 Å². The fraction of sp³-hybridized carbons (Fsp3) is 0. The van der Waals surface area contributed by atoms with Crippen LogP contribution in [0, 0.1) is 0 Å². The van der Waals surface area contributed by atoms with Gasteiger partial charge in [0, 0.05) is 10.0 Å². The van der Waals surface area contributed by atoms with Crippen LogP contribution in [-0.2, 0) is 0 Å². The minimum Gasteiger partial charge on any atom is -0.432 e. The van der Waals surface area contributed by atoms with Gasteiger partial charge in [-0.3, -0.25) is 0 Å². The molecule has 66 valence electrons. The van der Waals surface area contributed by atoms with Gasteiger partial charge in [0.2, 0.25) is 0 Å². The number of anilines is 1. The van der Waals surface area contributed by atoms with Gasteiger partial charge in [-0.2, -0.15) is 4.98 Å². The van der Waals surface area contributed by atoms with Crippen molar-refractivity contribution in [1.82, 2.24) is 4.98 Å². The molecule has 0 aliphatic carbocycles. The number of nitrogen functional groups attached to an aromatic ring is 1. The number of benzene rings is 1. The number of rotatable bonds is 1. The third-order valence-corrected chi connectivity index (χ3v) is 2.14. The number of nitrogens with two attached hydrogens (primary N) is 1. The normalized spacial score (nSPS) is 10.2. The fourth-order valence-corrected chi connectivity index (χ4v) is 1.47. The Morgan fingerprint density at radius 2 is 2.23 bits per heavy atom. The summed E-state index contributed by atoms with van der Waals surface area (Å²) in [5, 5.41) is 0. The summed E-state index contributed by atoms with van der Waals surface area (Å²) in [6, 6.07) is 7.98. The first-order valence-corrected chi connectivity index (χ1v) is 4.52. The van der Waals surface area contributed by atoms with Crippen LogP contribution in [0.2, 0.25) is 0 Å². The van der Waals surface area contributed by atoms with E-state index in [0.717, 1.165) is 15.7 Å². The Morgan fingerprint density at radius 1 is 1.38 bits per heavy atom. The summed E-state index contributed by atoms with van der Waals surface area (Å²) in [6.07, 6.45) is 1.54. The molecule has 0 aliphatic heterocycles. The van der Waals surface area contributed by atoms with Crippen LogP contribution < -0.4 is 5.73 Å². The minimum atomic E-state index is 0.190. The molecule has 1 aromatic heterocycles. The van der Waals surface area contributed by atoms with Crippen molar-refractivity contribution in [3.05, 3.63) is 35.0 Å². The second kappa shape index (κ2) is 3.22. The van der Waals surface area contributed by atoms with Gasteiger partial charge in [0.05, 0.1) is 0 Å². The number of nitrogens with zero attached hydrogens (tertiary/aromatic N) is 1. The van der Waals surface area contributed by atoms with E-state index < -0.39 is 0 Å². The number of hydrogen-bond acceptors (Lipinski definition) is 3. The van der Waals surface area contributed by atoms with Crippen LogP contribution in [-0.4, -0.2) is 4.98 Å². The van der Waals surface area contributed by atoms with E-state index in [1.54, 1.807) is 0 Å². The lowest BCUT2D eigenvalue weighted by Crippen LogP contribution is -1.83. The molecule has 0 aliphatic rings. The van der Waals surface area contributed by atoms with Gasteiger partial charge in [0.15, 0.2) is 0 Å². The molecule has 0 saturated carbocycles. The van der Waals surface area contributed by atoms with Crippen LogP contribution >= 0.6 is 15.9 Å². The molecule has 0 bridgehead atoms. The molecule has 0 atom stereocenters. The highest BCUT2D eigenvalue weighted by atomic mass is 79.9. The second-order valence-electron chi connectivity index (χ2n) is 2.58. The summed E-state index contributed by atoms with van der Waals surface area (Å²) in [4.78, 5) is 4.01. The highest BCUT2D eigenvalue weighted by Crippen LogP contribution is 2.22. The summed E-state index contributed by atoms with van der Waals surface area (Å²) in [5.41, 5.74) is 7.09. The van der Waals surface area contributed by atoms with Gasteiger partial charge in [-0.05, 0) is 12.1 Å². The maximum Gasteiger partial charge on any atom is 0.292 e. The van der Waals surface area contributed by atoms with Crippen molar-refractivity contribution < 1.29 is 4.42 Å². The van der Waals surface area contributed by atoms with Gasteiger partial charge < -0.3 is 10.2 Å². The Morgan fingerprint density at radius 3 is 2.85 bits per heavy atom. The van der Waals surface area contributed by atoms with Crippen molar-refractivity contribution in [2.45, 2.75) is 0 Å². The molecule has 1 heterocycles.